The second-order valence-electron chi connectivity index (χ2n) is 14.2. The lowest BCUT2D eigenvalue weighted by Crippen LogP contribution is -2.27. The van der Waals surface area contributed by atoms with Crippen LogP contribution in [-0.4, -0.2) is 9.55 Å². The molecule has 0 fully saturated rings. The van der Waals surface area contributed by atoms with Crippen molar-refractivity contribution < 1.29 is 4.42 Å². The van der Waals surface area contributed by atoms with Crippen LogP contribution in [0.5, 0.6) is 0 Å². The number of furan rings is 1. The maximum absolute atomic E-state index is 6.77. The van der Waals surface area contributed by atoms with Gasteiger partial charge in [-0.1, -0.05) is 152 Å². The molecule has 1 unspecified atom stereocenters. The molecule has 3 heterocycles. The average molecular weight is 691 g/mol. The maximum Gasteiger partial charge on any atom is 0.136 e. The van der Waals surface area contributed by atoms with Crippen LogP contribution in [0.25, 0.3) is 100 Å². The van der Waals surface area contributed by atoms with Crippen LogP contribution in [0.15, 0.2) is 180 Å². The second-order valence-corrected chi connectivity index (χ2v) is 14.2. The molecule has 0 spiro atoms. The monoisotopic (exact) mass is 690 g/mol. The third-order valence-electron chi connectivity index (χ3n) is 11.1. The molecule has 54 heavy (non-hydrogen) atoms. The van der Waals surface area contributed by atoms with Gasteiger partial charge >= 0.3 is 0 Å². The summed E-state index contributed by atoms with van der Waals surface area (Å²) >= 11 is 0. The van der Waals surface area contributed by atoms with Crippen LogP contribution in [0.2, 0.25) is 0 Å². The molecule has 0 saturated heterocycles. The van der Waals surface area contributed by atoms with Gasteiger partial charge in [0.2, 0.25) is 0 Å². The average Bonchev–Trinajstić information content (AvgIpc) is 3.78. The van der Waals surface area contributed by atoms with Crippen molar-refractivity contribution in [1.29, 1.82) is 0 Å². The fraction of sp³-hybridized carbons (Fsp3) is 0.0392. The van der Waals surface area contributed by atoms with E-state index in [1.54, 1.807) is 0 Å². The molecule has 7 aromatic carbocycles. The van der Waals surface area contributed by atoms with E-state index in [0.29, 0.717) is 0 Å². The minimum absolute atomic E-state index is 0.0574. The first-order valence-electron chi connectivity index (χ1n) is 18.6. The molecule has 0 aliphatic heterocycles. The van der Waals surface area contributed by atoms with E-state index in [1.165, 1.54) is 55.2 Å². The lowest BCUT2D eigenvalue weighted by molar-refractivity contribution is 0.560. The zero-order valence-corrected chi connectivity index (χ0v) is 29.5. The summed E-state index contributed by atoms with van der Waals surface area (Å²) in [5.41, 5.74) is 14.4. The Morgan fingerprint density at radius 2 is 1.11 bits per heavy atom. The molecule has 3 heteroatoms. The smallest absolute Gasteiger partial charge is 0.136 e. The van der Waals surface area contributed by atoms with E-state index in [0.717, 1.165) is 50.2 Å². The van der Waals surface area contributed by atoms with Gasteiger partial charge in [-0.2, -0.15) is 0 Å². The van der Waals surface area contributed by atoms with Crippen LogP contribution >= 0.6 is 0 Å². The zero-order chi connectivity index (χ0) is 35.6. The molecular weight excluding hydrogens is 657 g/mol. The highest BCUT2D eigenvalue weighted by molar-refractivity contribution is 6.10. The fourth-order valence-corrected chi connectivity index (χ4v) is 8.59. The van der Waals surface area contributed by atoms with E-state index >= 15 is 0 Å². The predicted molar refractivity (Wildman–Crippen MR) is 225 cm³/mol. The summed E-state index contributed by atoms with van der Waals surface area (Å²) < 4.78 is 9.30. The Balaban J connectivity index is 1.11. The minimum Gasteiger partial charge on any atom is -0.456 e. The first-order chi connectivity index (χ1) is 26.8. The Labute approximate surface area is 312 Å². The van der Waals surface area contributed by atoms with E-state index in [2.05, 4.69) is 193 Å². The van der Waals surface area contributed by atoms with Crippen LogP contribution in [0, 0.1) is 0 Å². The number of fused-ring (bicyclic) bond motifs is 7. The summed E-state index contributed by atoms with van der Waals surface area (Å²) in [4.78, 5) is 5.23. The van der Waals surface area contributed by atoms with Gasteiger partial charge in [-0.3, -0.25) is 0 Å². The van der Waals surface area contributed by atoms with E-state index in [4.69, 9.17) is 9.40 Å². The summed E-state index contributed by atoms with van der Waals surface area (Å²) in [7, 11) is 0. The molecule has 11 rings (SSSR count). The molecule has 3 aromatic heterocycles. The number of hydrogen-bond acceptors (Lipinski definition) is 2. The van der Waals surface area contributed by atoms with Crippen LogP contribution in [0.3, 0.4) is 0 Å². The van der Waals surface area contributed by atoms with Gasteiger partial charge in [0.25, 0.3) is 0 Å². The van der Waals surface area contributed by atoms with Gasteiger partial charge in [0, 0.05) is 32.3 Å². The van der Waals surface area contributed by atoms with Crippen molar-refractivity contribution in [2.24, 2.45) is 0 Å². The normalized spacial score (nSPS) is 14.0. The summed E-state index contributed by atoms with van der Waals surface area (Å²) in [6.45, 7) is 0. The molecule has 10 aromatic rings. The maximum atomic E-state index is 6.77. The van der Waals surface area contributed by atoms with E-state index in [1.807, 2.05) is 0 Å². The predicted octanol–water partition coefficient (Wildman–Crippen LogP) is 12.0. The largest absolute Gasteiger partial charge is 0.456 e. The Hall–Kier alpha value is -6.97. The topological polar surface area (TPSA) is 31.0 Å². The SMILES string of the molecule is C1=c2oc3cccc(-c4cc(-c5ccccc5)c5ccccc5n4)c3c2=CCC1n1c2cc(-c3ccccc3)ccc2c2ccc(-c3ccccc3)cc21. The van der Waals surface area contributed by atoms with Crippen molar-refractivity contribution in [3.8, 4) is 44.6 Å². The summed E-state index contributed by atoms with van der Waals surface area (Å²) in [6.07, 6.45) is 5.56. The number of hydrogen-bond donors (Lipinski definition) is 0. The van der Waals surface area contributed by atoms with Gasteiger partial charge < -0.3 is 8.98 Å². The van der Waals surface area contributed by atoms with Crippen molar-refractivity contribution >= 4 is 55.8 Å². The second kappa shape index (κ2) is 12.3. The van der Waals surface area contributed by atoms with Gasteiger partial charge in [0.1, 0.15) is 11.0 Å². The van der Waals surface area contributed by atoms with Gasteiger partial charge in [0.05, 0.1) is 28.3 Å². The van der Waals surface area contributed by atoms with Crippen LogP contribution in [0.1, 0.15) is 12.5 Å². The van der Waals surface area contributed by atoms with E-state index < -0.39 is 0 Å². The Morgan fingerprint density at radius 1 is 0.500 bits per heavy atom. The Bertz CT molecular complexity index is 3080. The standard InChI is InChI=1S/C51H34N2O/c1-4-13-33(14-5-1)36-23-26-40-41-27-24-37(34-15-6-2-7-16-34)30-48(41)53(47(40)29-36)38-25-28-43-50(31-38)54-49-22-12-20-42(51(43)49)46-32-44(35-17-8-3-9-18-35)39-19-10-11-21-45(39)52-46/h1-24,26-32,38H,25H2. The summed E-state index contributed by atoms with van der Waals surface area (Å²) in [6, 6.07) is 62.9. The molecule has 0 amide bonds. The summed E-state index contributed by atoms with van der Waals surface area (Å²) in [5, 5.41) is 5.92. The Morgan fingerprint density at radius 3 is 1.78 bits per heavy atom. The molecule has 254 valence electrons. The molecule has 3 nitrogen and oxygen atoms in total. The van der Waals surface area contributed by atoms with Gasteiger partial charge in [0.15, 0.2) is 0 Å². The number of nitrogens with zero attached hydrogens (tertiary/aromatic N) is 2. The fourth-order valence-electron chi connectivity index (χ4n) is 8.59. The van der Waals surface area contributed by atoms with Gasteiger partial charge in [-0.25, -0.2) is 4.98 Å². The molecule has 1 aliphatic rings. The first kappa shape index (κ1) is 30.6. The minimum atomic E-state index is 0.0574. The molecule has 0 radical (unpaired) electrons. The molecular formula is C51H34N2O. The van der Waals surface area contributed by atoms with Crippen molar-refractivity contribution in [3.05, 3.63) is 187 Å². The quantitative estimate of drug-likeness (QED) is 0.180. The van der Waals surface area contributed by atoms with E-state index in [9.17, 15) is 0 Å². The highest BCUT2D eigenvalue weighted by atomic mass is 16.3. The Kier molecular flexibility index (Phi) is 6.99. The van der Waals surface area contributed by atoms with Crippen molar-refractivity contribution in [2.45, 2.75) is 12.5 Å². The summed E-state index contributed by atoms with van der Waals surface area (Å²) in [5.74, 6) is 0. The molecule has 1 aliphatic carbocycles. The number of pyridine rings is 1. The highest BCUT2D eigenvalue weighted by Crippen LogP contribution is 2.39. The third kappa shape index (κ3) is 4.93. The van der Waals surface area contributed by atoms with E-state index in [-0.39, 0.29) is 6.04 Å². The van der Waals surface area contributed by atoms with Crippen LogP contribution in [0.4, 0.5) is 0 Å². The van der Waals surface area contributed by atoms with Crippen molar-refractivity contribution in [1.82, 2.24) is 9.55 Å². The zero-order valence-electron chi connectivity index (χ0n) is 29.5. The number of benzene rings is 7. The lowest BCUT2D eigenvalue weighted by atomic mass is 9.96. The first-order valence-corrected chi connectivity index (χ1v) is 18.6. The number of para-hydroxylation sites is 1. The lowest BCUT2D eigenvalue weighted by Gasteiger charge is -2.19. The molecule has 1 atom stereocenters. The van der Waals surface area contributed by atoms with Gasteiger partial charge in [-0.15, -0.1) is 0 Å². The molecule has 0 N–H and O–H groups in total. The highest BCUT2D eigenvalue weighted by Gasteiger charge is 2.22. The van der Waals surface area contributed by atoms with Crippen LogP contribution < -0.4 is 10.6 Å². The molecule has 0 bridgehead atoms. The number of aromatic nitrogens is 2. The van der Waals surface area contributed by atoms with Gasteiger partial charge in [-0.05, 0) is 76.2 Å². The molecule has 0 saturated carbocycles. The van der Waals surface area contributed by atoms with Crippen molar-refractivity contribution in [3.63, 3.8) is 0 Å². The van der Waals surface area contributed by atoms with Crippen molar-refractivity contribution in [2.75, 3.05) is 0 Å². The number of rotatable bonds is 5. The third-order valence-corrected chi connectivity index (χ3v) is 11.1. The van der Waals surface area contributed by atoms with Crippen LogP contribution in [-0.2, 0) is 0 Å².